The number of halogens is 3. The standard InChI is InChI=1S/C45H61N9O9S.C2HF3O2/c1-51-38-24-30(9-14-35(38)54(45(51)61)37-16-18-40(56)50-43(37)59)23-28-5-3-27(4-6-28)19-21-52-22-20-31-10-15-36(53(31)44(60)33(46)26-52)42(58)49-34(13-17-39(47)55)41(57)48-25-29-7-11-32(12-8-29)64(2,62)63;3-2(4,5)1(6)7/h7-9,11-12,14,24,27-28,31,33-34,36-37H,3-6,10,13,15-23,25-26,46H2,1-2H3,(H2,47,55)(H,48,57)(H,49,58)(H,50,56,59);(H,6,7)/t27?,28?,31-,33+,34+,36+,37?;/m1./s1. The first-order valence-electron chi connectivity index (χ1n) is 23.7. The van der Waals surface area contributed by atoms with Crippen molar-refractivity contribution in [3.05, 3.63) is 64.1 Å². The molecule has 4 fully saturated rings. The van der Waals surface area contributed by atoms with Crippen molar-refractivity contribution in [2.45, 2.75) is 131 Å². The van der Waals surface area contributed by atoms with Gasteiger partial charge in [0.1, 0.15) is 18.1 Å². The molecule has 1 saturated carbocycles. The van der Waals surface area contributed by atoms with Crippen molar-refractivity contribution in [2.75, 3.05) is 25.9 Å². The molecule has 388 valence electrons. The number of nitrogens with two attached hydrogens (primary N) is 2. The number of aromatic nitrogens is 2. The molecule has 1 unspecified atom stereocenters. The summed E-state index contributed by atoms with van der Waals surface area (Å²) in [6.07, 6.45) is 4.31. The number of carboxylic acid groups (broad SMARTS) is 1. The van der Waals surface area contributed by atoms with Crippen LogP contribution in [-0.4, -0.2) is 130 Å². The monoisotopic (exact) mass is 1020 g/mol. The molecule has 71 heavy (non-hydrogen) atoms. The van der Waals surface area contributed by atoms with Gasteiger partial charge in [-0.3, -0.25) is 43.2 Å². The largest absolute Gasteiger partial charge is 0.490 e. The van der Waals surface area contributed by atoms with Crippen molar-refractivity contribution in [3.8, 4) is 0 Å². The molecule has 0 radical (unpaired) electrons. The molecular weight excluding hydrogens is 956 g/mol. The molecule has 1 aliphatic carbocycles. The van der Waals surface area contributed by atoms with Gasteiger partial charge in [0.15, 0.2) is 9.84 Å². The molecule has 3 saturated heterocycles. The van der Waals surface area contributed by atoms with Crippen molar-refractivity contribution in [2.24, 2.45) is 30.4 Å². The van der Waals surface area contributed by atoms with E-state index in [-0.39, 0.29) is 54.2 Å². The van der Waals surface area contributed by atoms with Gasteiger partial charge < -0.3 is 37.0 Å². The van der Waals surface area contributed by atoms with E-state index in [0.29, 0.717) is 55.1 Å². The summed E-state index contributed by atoms with van der Waals surface area (Å²) in [7, 11) is -1.67. The Bertz CT molecular complexity index is 2670. The van der Waals surface area contributed by atoms with Crippen molar-refractivity contribution in [3.63, 3.8) is 0 Å². The number of primary amides is 1. The fourth-order valence-corrected chi connectivity index (χ4v) is 10.7. The Morgan fingerprint density at radius 1 is 0.901 bits per heavy atom. The number of imidazole rings is 1. The second-order valence-corrected chi connectivity index (χ2v) is 21.1. The van der Waals surface area contributed by atoms with Gasteiger partial charge in [-0.15, -0.1) is 0 Å². The van der Waals surface area contributed by atoms with Crippen LogP contribution in [0.2, 0.25) is 0 Å². The molecule has 4 heterocycles. The number of aryl methyl sites for hydroxylation is 1. The Kier molecular flexibility index (Phi) is 17.5. The fourth-order valence-electron chi connectivity index (χ4n) is 10.1. The summed E-state index contributed by atoms with van der Waals surface area (Å²) in [6, 6.07) is 8.45. The van der Waals surface area contributed by atoms with Gasteiger partial charge in [-0.25, -0.2) is 18.0 Å². The number of sulfone groups is 1. The average Bonchev–Trinajstić information content (AvgIpc) is 3.84. The number of carbonyl (C=O) groups is 7. The topological polar surface area (TPSA) is 295 Å². The lowest BCUT2D eigenvalue weighted by Gasteiger charge is -2.38. The number of rotatable bonds is 15. The lowest BCUT2D eigenvalue weighted by Crippen LogP contribution is -2.60. The van der Waals surface area contributed by atoms with Crippen LogP contribution in [0.5, 0.6) is 0 Å². The Hall–Kier alpha value is -6.14. The Balaban J connectivity index is 0.00000110. The summed E-state index contributed by atoms with van der Waals surface area (Å²) in [5.41, 5.74) is 14.9. The quantitative estimate of drug-likeness (QED) is 0.118. The third kappa shape index (κ3) is 13.8. The number of nitrogens with one attached hydrogen (secondary N) is 3. The van der Waals surface area contributed by atoms with E-state index in [1.54, 1.807) is 28.6 Å². The van der Waals surface area contributed by atoms with Crippen LogP contribution < -0.4 is 33.1 Å². The van der Waals surface area contributed by atoms with Crippen molar-refractivity contribution < 1.29 is 60.3 Å². The molecular formula is C47H62F3N9O11S. The van der Waals surface area contributed by atoms with Gasteiger partial charge in [0, 0.05) is 51.8 Å². The zero-order chi connectivity index (χ0) is 51.9. The minimum Gasteiger partial charge on any atom is -0.475 e. The van der Waals surface area contributed by atoms with Gasteiger partial charge in [0.05, 0.1) is 22.0 Å². The molecule has 5 atom stereocenters. The molecule has 0 bridgehead atoms. The van der Waals surface area contributed by atoms with Gasteiger partial charge in [0.25, 0.3) is 0 Å². The van der Waals surface area contributed by atoms with Crippen LogP contribution in [0.25, 0.3) is 11.0 Å². The van der Waals surface area contributed by atoms with E-state index in [2.05, 4.69) is 26.9 Å². The average molecular weight is 1020 g/mol. The molecule has 2 aromatic carbocycles. The molecule has 3 aliphatic heterocycles. The molecule has 7 rings (SSSR count). The molecule has 1 aromatic heterocycles. The number of carboxylic acids is 1. The maximum atomic E-state index is 13.9. The summed E-state index contributed by atoms with van der Waals surface area (Å²) >= 11 is 0. The van der Waals surface area contributed by atoms with E-state index in [0.717, 1.165) is 69.0 Å². The molecule has 4 aliphatic rings. The maximum absolute atomic E-state index is 13.9. The van der Waals surface area contributed by atoms with Crippen LogP contribution in [0, 0.1) is 11.8 Å². The number of amides is 6. The Morgan fingerprint density at radius 2 is 1.55 bits per heavy atom. The number of fused-ring (bicyclic) bond motifs is 2. The van der Waals surface area contributed by atoms with E-state index in [9.17, 15) is 55.2 Å². The smallest absolute Gasteiger partial charge is 0.475 e. The SMILES string of the molecule is Cn1c(=O)n(C2CCC(=O)NC2=O)c2ccc(CC3CCC(CCN4CC[C@H]5CC[C@@H](C(=O)N[C@@H](CCC(N)=O)C(=O)NCc6ccc(S(C)(=O)=O)cc6)N5C(=O)[C@@H](N)C4)CC3)cc21.O=C(O)C(F)(F)F. The van der Waals surface area contributed by atoms with Crippen LogP contribution in [0.4, 0.5) is 13.2 Å². The summed E-state index contributed by atoms with van der Waals surface area (Å²) in [5, 5.41) is 15.0. The highest BCUT2D eigenvalue weighted by molar-refractivity contribution is 7.90. The molecule has 8 N–H and O–H groups in total. The van der Waals surface area contributed by atoms with E-state index in [4.69, 9.17) is 21.4 Å². The Morgan fingerprint density at radius 3 is 2.17 bits per heavy atom. The zero-order valence-corrected chi connectivity index (χ0v) is 40.4. The summed E-state index contributed by atoms with van der Waals surface area (Å²) in [5.74, 6) is -4.42. The summed E-state index contributed by atoms with van der Waals surface area (Å²) in [6.45, 7) is 1.98. The molecule has 0 spiro atoms. The van der Waals surface area contributed by atoms with E-state index < -0.39 is 69.8 Å². The first kappa shape index (κ1) is 54.2. The summed E-state index contributed by atoms with van der Waals surface area (Å²) < 4.78 is 58.5. The van der Waals surface area contributed by atoms with Crippen molar-refractivity contribution >= 4 is 62.3 Å². The lowest BCUT2D eigenvalue weighted by molar-refractivity contribution is -0.192. The number of benzene rings is 2. The van der Waals surface area contributed by atoms with E-state index in [1.807, 2.05) is 12.1 Å². The predicted molar refractivity (Wildman–Crippen MR) is 251 cm³/mol. The van der Waals surface area contributed by atoms with E-state index >= 15 is 0 Å². The normalized spacial score (nSPS) is 23.6. The Labute approximate surface area is 407 Å². The van der Waals surface area contributed by atoms with Crippen LogP contribution in [-0.2, 0) is 63.4 Å². The first-order valence-corrected chi connectivity index (χ1v) is 25.6. The highest BCUT2D eigenvalue weighted by atomic mass is 32.2. The fraction of sp³-hybridized carbons (Fsp3) is 0.574. The predicted octanol–water partition coefficient (Wildman–Crippen LogP) is 1.55. The highest BCUT2D eigenvalue weighted by Crippen LogP contribution is 2.35. The highest BCUT2D eigenvalue weighted by Gasteiger charge is 2.44. The zero-order valence-electron chi connectivity index (χ0n) is 39.6. The molecule has 20 nitrogen and oxygen atoms in total. The number of alkyl halides is 3. The molecule has 6 amide bonds. The number of piperidine rings is 1. The van der Waals surface area contributed by atoms with E-state index in [1.165, 1.54) is 16.7 Å². The van der Waals surface area contributed by atoms with Gasteiger partial charge in [-0.1, -0.05) is 31.0 Å². The van der Waals surface area contributed by atoms with Crippen LogP contribution in [0.15, 0.2) is 52.2 Å². The number of hydrogen-bond acceptors (Lipinski definition) is 12. The second-order valence-electron chi connectivity index (χ2n) is 19.1. The molecule has 24 heteroatoms. The third-order valence-corrected chi connectivity index (χ3v) is 15.1. The second kappa shape index (κ2) is 22.9. The number of aliphatic carboxylic acids is 1. The first-order chi connectivity index (χ1) is 33.4. The van der Waals surface area contributed by atoms with Crippen LogP contribution in [0.1, 0.15) is 94.2 Å². The van der Waals surface area contributed by atoms with Crippen molar-refractivity contribution in [1.82, 2.24) is 34.9 Å². The van der Waals surface area contributed by atoms with Gasteiger partial charge in [-0.2, -0.15) is 13.2 Å². The van der Waals surface area contributed by atoms with Gasteiger partial charge in [0.2, 0.25) is 35.4 Å². The number of hydrogen-bond donors (Lipinski definition) is 6. The molecule has 3 aromatic rings. The minimum atomic E-state index is -5.08. The maximum Gasteiger partial charge on any atom is 0.490 e. The number of nitrogens with zero attached hydrogens (tertiary/aromatic N) is 4. The van der Waals surface area contributed by atoms with Gasteiger partial charge >= 0.3 is 17.8 Å². The number of imide groups is 1. The number of carbonyl (C=O) groups excluding carboxylic acids is 6. The van der Waals surface area contributed by atoms with Crippen molar-refractivity contribution in [1.29, 1.82) is 0 Å². The van der Waals surface area contributed by atoms with Crippen LogP contribution in [0.3, 0.4) is 0 Å². The summed E-state index contributed by atoms with van der Waals surface area (Å²) in [4.78, 5) is 103. The lowest BCUT2D eigenvalue weighted by atomic mass is 9.78. The minimum absolute atomic E-state index is 0.0373. The van der Waals surface area contributed by atoms with Crippen LogP contribution >= 0.6 is 0 Å². The third-order valence-electron chi connectivity index (χ3n) is 14.0. The van der Waals surface area contributed by atoms with Gasteiger partial charge in [-0.05, 0) is 112 Å².